The Morgan fingerprint density at radius 2 is 0.562 bits per heavy atom. The molecule has 0 N–H and O–H groups in total. The van der Waals surface area contributed by atoms with Crippen LogP contribution in [0.15, 0.2) is 182 Å². The highest BCUT2D eigenvalue weighted by molar-refractivity contribution is 6.39. The summed E-state index contributed by atoms with van der Waals surface area (Å²) in [7, 11) is 0. The molecule has 0 radical (unpaired) electrons. The highest BCUT2D eigenvalue weighted by atomic mass is 14.2. The van der Waals surface area contributed by atoms with Gasteiger partial charge >= 0.3 is 0 Å². The molecule has 0 aromatic heterocycles. The molecule has 0 aliphatic heterocycles. The van der Waals surface area contributed by atoms with Gasteiger partial charge in [-0.25, -0.2) is 0 Å². The van der Waals surface area contributed by atoms with E-state index in [9.17, 15) is 0 Å². The minimum atomic E-state index is 1.22. The predicted octanol–water partition coefficient (Wildman–Crippen LogP) is 13.6. The van der Waals surface area contributed by atoms with E-state index in [1.165, 1.54) is 98.0 Å². The Kier molecular flexibility index (Phi) is 5.98. The van der Waals surface area contributed by atoms with Crippen molar-refractivity contribution in [1.29, 1.82) is 0 Å². The second-order valence-corrected chi connectivity index (χ2v) is 12.9. The molecule has 0 unspecified atom stereocenters. The van der Waals surface area contributed by atoms with Gasteiger partial charge in [-0.05, 0) is 116 Å². The molecular weight excluding hydrogens is 577 g/mol. The van der Waals surface area contributed by atoms with Crippen LogP contribution in [-0.4, -0.2) is 0 Å². The van der Waals surface area contributed by atoms with Gasteiger partial charge in [0.1, 0.15) is 0 Å². The highest BCUT2D eigenvalue weighted by Crippen LogP contribution is 2.45. The third-order valence-corrected chi connectivity index (χ3v) is 10.2. The lowest BCUT2D eigenvalue weighted by atomic mass is 9.85. The van der Waals surface area contributed by atoms with Crippen molar-refractivity contribution < 1.29 is 0 Å². The van der Waals surface area contributed by atoms with Crippen molar-refractivity contribution >= 4 is 64.6 Å². The third kappa shape index (κ3) is 4.16. The molecule has 0 nitrogen and oxygen atoms in total. The Morgan fingerprint density at radius 1 is 0.188 bits per heavy atom. The molecule has 48 heavy (non-hydrogen) atoms. The van der Waals surface area contributed by atoms with E-state index in [1.807, 2.05) is 0 Å². The van der Waals surface area contributed by atoms with Gasteiger partial charge in [0.05, 0.1) is 0 Å². The number of rotatable bonds is 3. The van der Waals surface area contributed by atoms with Crippen molar-refractivity contribution in [1.82, 2.24) is 0 Å². The maximum atomic E-state index is 2.43. The summed E-state index contributed by atoms with van der Waals surface area (Å²) in [5.41, 5.74) is 7.40. The van der Waals surface area contributed by atoms with E-state index >= 15 is 0 Å². The minimum absolute atomic E-state index is 1.22. The Morgan fingerprint density at radius 3 is 1.12 bits per heavy atom. The van der Waals surface area contributed by atoms with E-state index in [0.29, 0.717) is 0 Å². The zero-order valence-electron chi connectivity index (χ0n) is 26.3. The zero-order valence-corrected chi connectivity index (χ0v) is 26.3. The molecule has 0 aliphatic carbocycles. The molecule has 0 fully saturated rings. The van der Waals surface area contributed by atoms with Crippen molar-refractivity contribution in [3.05, 3.63) is 182 Å². The normalized spacial score (nSPS) is 11.8. The molecule has 0 atom stereocenters. The van der Waals surface area contributed by atoms with Crippen LogP contribution in [0.4, 0.5) is 0 Å². The first-order valence-corrected chi connectivity index (χ1v) is 16.7. The van der Waals surface area contributed by atoms with Gasteiger partial charge in [-0.3, -0.25) is 0 Å². The van der Waals surface area contributed by atoms with Gasteiger partial charge in [-0.2, -0.15) is 0 Å². The first-order chi connectivity index (χ1) is 23.8. The largest absolute Gasteiger partial charge is 0.0622 e. The van der Waals surface area contributed by atoms with Crippen molar-refractivity contribution in [3.63, 3.8) is 0 Å². The molecule has 0 heterocycles. The van der Waals surface area contributed by atoms with Crippen molar-refractivity contribution in [2.75, 3.05) is 0 Å². The van der Waals surface area contributed by atoms with E-state index in [0.717, 1.165) is 0 Å². The molecule has 10 rings (SSSR count). The Labute approximate surface area is 279 Å². The second kappa shape index (κ2) is 10.7. The van der Waals surface area contributed by atoms with Crippen LogP contribution in [0, 0.1) is 0 Å². The van der Waals surface area contributed by atoms with Crippen molar-refractivity contribution in [2.24, 2.45) is 0 Å². The highest BCUT2D eigenvalue weighted by Gasteiger charge is 2.17. The Hall–Kier alpha value is -6.24. The predicted molar refractivity (Wildman–Crippen MR) is 208 cm³/mol. The first-order valence-electron chi connectivity index (χ1n) is 16.7. The summed E-state index contributed by atoms with van der Waals surface area (Å²) < 4.78 is 0. The van der Waals surface area contributed by atoms with Crippen LogP contribution in [0.3, 0.4) is 0 Å². The van der Waals surface area contributed by atoms with Gasteiger partial charge in [0.2, 0.25) is 0 Å². The lowest BCUT2D eigenvalue weighted by Crippen LogP contribution is -1.90. The van der Waals surface area contributed by atoms with Crippen molar-refractivity contribution in [3.8, 4) is 33.4 Å². The fourth-order valence-electron chi connectivity index (χ4n) is 7.89. The lowest BCUT2D eigenvalue weighted by molar-refractivity contribution is 1.62. The van der Waals surface area contributed by atoms with Gasteiger partial charge in [0.25, 0.3) is 0 Å². The molecule has 0 spiro atoms. The number of hydrogen-bond acceptors (Lipinski definition) is 0. The number of hydrogen-bond donors (Lipinski definition) is 0. The molecule has 0 amide bonds. The average molecular weight is 607 g/mol. The van der Waals surface area contributed by atoms with E-state index in [2.05, 4.69) is 182 Å². The van der Waals surface area contributed by atoms with E-state index in [-0.39, 0.29) is 0 Å². The van der Waals surface area contributed by atoms with Gasteiger partial charge in [0.15, 0.2) is 0 Å². The fraction of sp³-hybridized carbons (Fsp3) is 0. The fourth-order valence-corrected chi connectivity index (χ4v) is 7.89. The van der Waals surface area contributed by atoms with E-state index in [1.54, 1.807) is 0 Å². The quantitative estimate of drug-likeness (QED) is 0.176. The standard InChI is InChI=1S/C48H30/c1-2-10-31(11-3-1)37-24-26-41-42-27-25-38(34-20-18-33(19-21-34)36-23-22-32-12-4-5-13-35(32)28-36)30-46(42)48-44-17-9-7-15-40(44)39-14-6-8-16-43(39)47(48)45(41)29-37/h1-30H. The SMILES string of the molecule is c1ccc(-c2ccc3c4ccc(-c5ccc(-c6ccc7ccccc7c6)cc5)cc4c4c5ccccc5c5ccccc5c4c3c2)cc1. The first kappa shape index (κ1) is 26.9. The Balaban J connectivity index is 1.24. The van der Waals surface area contributed by atoms with Gasteiger partial charge < -0.3 is 0 Å². The Bertz CT molecular complexity index is 2860. The summed E-state index contributed by atoms with van der Waals surface area (Å²) in [6.45, 7) is 0. The number of benzene rings is 10. The molecule has 10 aromatic carbocycles. The smallest absolute Gasteiger partial charge is 0.00137 e. The maximum Gasteiger partial charge on any atom is -0.00137 e. The molecule has 0 bridgehead atoms. The summed E-state index contributed by atoms with van der Waals surface area (Å²) in [6.07, 6.45) is 0. The average Bonchev–Trinajstić information content (AvgIpc) is 3.17. The molecule has 0 saturated carbocycles. The topological polar surface area (TPSA) is 0 Å². The summed E-state index contributed by atoms with van der Waals surface area (Å²) in [6, 6.07) is 67.1. The lowest BCUT2D eigenvalue weighted by Gasteiger charge is -2.18. The molecule has 0 aliphatic rings. The van der Waals surface area contributed by atoms with Crippen LogP contribution in [0.2, 0.25) is 0 Å². The van der Waals surface area contributed by atoms with E-state index in [4.69, 9.17) is 0 Å². The molecule has 0 heteroatoms. The van der Waals surface area contributed by atoms with Crippen LogP contribution in [-0.2, 0) is 0 Å². The van der Waals surface area contributed by atoms with Gasteiger partial charge in [0, 0.05) is 0 Å². The van der Waals surface area contributed by atoms with Crippen LogP contribution in [0.25, 0.3) is 98.0 Å². The van der Waals surface area contributed by atoms with E-state index < -0.39 is 0 Å². The summed E-state index contributed by atoms with van der Waals surface area (Å²) >= 11 is 0. The van der Waals surface area contributed by atoms with Crippen LogP contribution in [0.5, 0.6) is 0 Å². The number of fused-ring (bicyclic) bond motifs is 12. The van der Waals surface area contributed by atoms with Gasteiger partial charge in [-0.15, -0.1) is 0 Å². The minimum Gasteiger partial charge on any atom is -0.0622 e. The third-order valence-electron chi connectivity index (χ3n) is 10.2. The molecular formula is C48H30. The maximum absolute atomic E-state index is 2.43. The summed E-state index contributed by atoms with van der Waals surface area (Å²) in [5, 5.41) is 15.5. The summed E-state index contributed by atoms with van der Waals surface area (Å²) in [5.74, 6) is 0. The monoisotopic (exact) mass is 606 g/mol. The zero-order chi connectivity index (χ0) is 31.6. The molecule has 10 aromatic rings. The molecule has 222 valence electrons. The van der Waals surface area contributed by atoms with Crippen molar-refractivity contribution in [2.45, 2.75) is 0 Å². The van der Waals surface area contributed by atoms with Crippen LogP contribution >= 0.6 is 0 Å². The summed E-state index contributed by atoms with van der Waals surface area (Å²) in [4.78, 5) is 0. The van der Waals surface area contributed by atoms with Crippen LogP contribution < -0.4 is 0 Å². The second-order valence-electron chi connectivity index (χ2n) is 12.9. The molecule has 0 saturated heterocycles. The van der Waals surface area contributed by atoms with Crippen LogP contribution in [0.1, 0.15) is 0 Å². The van der Waals surface area contributed by atoms with Gasteiger partial charge in [-0.1, -0.05) is 164 Å².